The van der Waals surface area contributed by atoms with Crippen LogP contribution in [0, 0.1) is 13.1 Å². The van der Waals surface area contributed by atoms with Crippen LogP contribution in [0.2, 0.25) is 0 Å². The molecule has 0 aliphatic heterocycles. The van der Waals surface area contributed by atoms with Crippen molar-refractivity contribution in [2.45, 2.75) is 122 Å². The van der Waals surface area contributed by atoms with Crippen molar-refractivity contribution >= 4 is 0 Å². The molecule has 0 nitrogen and oxygen atoms in total. The van der Waals surface area contributed by atoms with E-state index in [1.807, 2.05) is 0 Å². The van der Waals surface area contributed by atoms with Gasteiger partial charge in [0.1, 0.15) is 0 Å². The summed E-state index contributed by atoms with van der Waals surface area (Å²) in [5.74, 6) is 0. The van der Waals surface area contributed by atoms with Gasteiger partial charge in [-0.1, -0.05) is 117 Å². The van der Waals surface area contributed by atoms with Gasteiger partial charge < -0.3 is 0 Å². The monoisotopic (exact) mass is 422 g/mol. The molecule has 2 radical (unpaired) electrons. The highest BCUT2D eigenvalue weighted by atomic mass is 19.4. The lowest BCUT2D eigenvalue weighted by molar-refractivity contribution is -0.233. The highest BCUT2D eigenvalue weighted by Gasteiger charge is 2.59. The maximum atomic E-state index is 11.1. The van der Waals surface area contributed by atoms with Gasteiger partial charge in [-0.2, -0.15) is 26.3 Å². The molecular formula is C21H37F7. The zero-order valence-corrected chi connectivity index (χ0v) is 17.2. The SMILES string of the molecule is F[C](C(F)(F)F)C(F)(F)F.[CH2]CCCCCCCCCCCCCCCCC. The van der Waals surface area contributed by atoms with Crippen LogP contribution in [0.3, 0.4) is 0 Å². The Morgan fingerprint density at radius 2 is 0.786 bits per heavy atom. The van der Waals surface area contributed by atoms with E-state index in [1.54, 1.807) is 0 Å². The van der Waals surface area contributed by atoms with Gasteiger partial charge >= 0.3 is 18.5 Å². The molecule has 0 N–H and O–H groups in total. The Balaban J connectivity index is 0. The fraction of sp³-hybridized carbons (Fsp3) is 0.905. The Morgan fingerprint density at radius 3 is 0.964 bits per heavy atom. The van der Waals surface area contributed by atoms with Gasteiger partial charge in [0.25, 0.3) is 0 Å². The van der Waals surface area contributed by atoms with Crippen molar-refractivity contribution in [1.82, 2.24) is 0 Å². The second-order valence-electron chi connectivity index (χ2n) is 7.11. The molecule has 0 aromatic carbocycles. The predicted octanol–water partition coefficient (Wildman–Crippen LogP) is 9.69. The van der Waals surface area contributed by atoms with E-state index in [1.165, 1.54) is 96.3 Å². The van der Waals surface area contributed by atoms with E-state index in [0.717, 1.165) is 6.42 Å². The van der Waals surface area contributed by atoms with E-state index in [-0.39, 0.29) is 0 Å². The van der Waals surface area contributed by atoms with Gasteiger partial charge in [-0.15, -0.1) is 0 Å². The van der Waals surface area contributed by atoms with E-state index >= 15 is 0 Å². The van der Waals surface area contributed by atoms with Crippen LogP contribution >= 0.6 is 0 Å². The first-order valence-electron chi connectivity index (χ1n) is 10.5. The van der Waals surface area contributed by atoms with Crippen LogP contribution < -0.4 is 0 Å². The quantitative estimate of drug-likeness (QED) is 0.182. The average Bonchev–Trinajstić information content (AvgIpc) is 2.60. The van der Waals surface area contributed by atoms with Gasteiger partial charge in [-0.05, 0) is 0 Å². The molecule has 0 rings (SSSR count). The molecule has 0 aromatic rings. The van der Waals surface area contributed by atoms with Gasteiger partial charge in [0.2, 0.25) is 0 Å². The largest absolute Gasteiger partial charge is 0.435 e. The summed E-state index contributed by atoms with van der Waals surface area (Å²) in [5.41, 5.74) is 0. The molecular weight excluding hydrogens is 385 g/mol. The lowest BCUT2D eigenvalue weighted by Crippen LogP contribution is -2.30. The first-order valence-corrected chi connectivity index (χ1v) is 10.5. The lowest BCUT2D eigenvalue weighted by atomic mass is 10.0. The first kappa shape index (κ1) is 29.7. The molecule has 0 aromatic heterocycles. The average molecular weight is 423 g/mol. The molecule has 28 heavy (non-hydrogen) atoms. The van der Waals surface area contributed by atoms with E-state index < -0.39 is 18.5 Å². The summed E-state index contributed by atoms with van der Waals surface area (Å²) in [6.07, 6.45) is 7.03. The number of halogens is 7. The Labute approximate surface area is 166 Å². The summed E-state index contributed by atoms with van der Waals surface area (Å²) in [6.45, 7) is 6.18. The van der Waals surface area contributed by atoms with Gasteiger partial charge in [-0.3, -0.25) is 0 Å². The standard InChI is InChI=1S/C18H37.C3F7/c1-3-5-7-9-11-13-15-17-18-16-14-12-10-8-6-4-2;4-1(2(5,6)7)3(8,9)10/h1,3-18H2,2H3;. The van der Waals surface area contributed by atoms with Crippen molar-refractivity contribution in [2.75, 3.05) is 0 Å². The number of rotatable bonds is 15. The summed E-state index contributed by atoms with van der Waals surface area (Å²) in [4.78, 5) is 0. The molecule has 0 unspecified atom stereocenters. The summed E-state index contributed by atoms with van der Waals surface area (Å²) in [6, 6.07) is 0. The minimum atomic E-state index is -5.93. The second-order valence-corrected chi connectivity index (χ2v) is 7.11. The minimum Gasteiger partial charge on any atom is -0.219 e. The van der Waals surface area contributed by atoms with Crippen LogP contribution in [0.25, 0.3) is 0 Å². The van der Waals surface area contributed by atoms with Gasteiger partial charge in [0.15, 0.2) is 0 Å². The molecule has 0 amide bonds. The van der Waals surface area contributed by atoms with Crippen molar-refractivity contribution in [2.24, 2.45) is 0 Å². The van der Waals surface area contributed by atoms with Crippen LogP contribution in [-0.4, -0.2) is 12.4 Å². The van der Waals surface area contributed by atoms with E-state index in [0.29, 0.717) is 0 Å². The zero-order chi connectivity index (χ0) is 21.9. The molecule has 0 spiro atoms. The Hall–Kier alpha value is -0.490. The molecule has 7 heteroatoms. The van der Waals surface area contributed by atoms with Crippen LogP contribution in [-0.2, 0) is 0 Å². The normalized spacial score (nSPS) is 12.2. The minimum absolute atomic E-state index is 1.12. The van der Waals surface area contributed by atoms with Crippen molar-refractivity contribution in [3.8, 4) is 0 Å². The maximum absolute atomic E-state index is 11.1. The molecule has 0 fully saturated rings. The van der Waals surface area contributed by atoms with Crippen molar-refractivity contribution < 1.29 is 30.7 Å². The molecule has 0 bridgehead atoms. The molecule has 0 saturated heterocycles. The highest BCUT2D eigenvalue weighted by Crippen LogP contribution is 2.41. The summed E-state index contributed by atoms with van der Waals surface area (Å²) in [5, 5.41) is 0. The van der Waals surface area contributed by atoms with Gasteiger partial charge in [0, 0.05) is 0 Å². The van der Waals surface area contributed by atoms with E-state index in [2.05, 4.69) is 13.8 Å². The van der Waals surface area contributed by atoms with Gasteiger partial charge in [0.05, 0.1) is 0 Å². The maximum Gasteiger partial charge on any atom is 0.435 e. The zero-order valence-electron chi connectivity index (χ0n) is 17.2. The fourth-order valence-corrected chi connectivity index (χ4v) is 2.71. The summed E-state index contributed by atoms with van der Waals surface area (Å²) >= 11 is 0. The molecule has 0 aliphatic carbocycles. The summed E-state index contributed by atoms with van der Waals surface area (Å²) < 4.78 is 76.0. The number of hydrogen-bond acceptors (Lipinski definition) is 0. The topological polar surface area (TPSA) is 0 Å². The van der Waals surface area contributed by atoms with Crippen molar-refractivity contribution in [3.05, 3.63) is 13.1 Å². The third kappa shape index (κ3) is 21.8. The third-order valence-electron chi connectivity index (χ3n) is 4.35. The molecule has 0 atom stereocenters. The molecule has 0 aliphatic rings. The van der Waals surface area contributed by atoms with Crippen LogP contribution in [0.1, 0.15) is 110 Å². The Morgan fingerprint density at radius 1 is 0.536 bits per heavy atom. The molecule has 170 valence electrons. The van der Waals surface area contributed by atoms with E-state index in [4.69, 9.17) is 0 Å². The highest BCUT2D eigenvalue weighted by molar-refractivity contribution is 4.93. The summed E-state index contributed by atoms with van der Waals surface area (Å²) in [7, 11) is 0. The Bertz CT molecular complexity index is 281. The van der Waals surface area contributed by atoms with Crippen LogP contribution in [0.4, 0.5) is 30.7 Å². The second kappa shape index (κ2) is 18.5. The van der Waals surface area contributed by atoms with Crippen LogP contribution in [0.15, 0.2) is 0 Å². The van der Waals surface area contributed by atoms with E-state index in [9.17, 15) is 30.7 Å². The fourth-order valence-electron chi connectivity index (χ4n) is 2.71. The Kier molecular flexibility index (Phi) is 19.7. The number of hydrogen-bond donors (Lipinski definition) is 0. The molecule has 0 heterocycles. The van der Waals surface area contributed by atoms with Gasteiger partial charge in [-0.25, -0.2) is 4.39 Å². The third-order valence-corrected chi connectivity index (χ3v) is 4.35. The lowest BCUT2D eigenvalue weighted by Gasteiger charge is -2.12. The number of unbranched alkanes of at least 4 members (excludes halogenated alkanes) is 15. The predicted molar refractivity (Wildman–Crippen MR) is 101 cm³/mol. The van der Waals surface area contributed by atoms with Crippen LogP contribution in [0.5, 0.6) is 0 Å². The smallest absolute Gasteiger partial charge is 0.219 e. The molecule has 0 saturated carbocycles. The van der Waals surface area contributed by atoms with Crippen molar-refractivity contribution in [1.29, 1.82) is 0 Å². The van der Waals surface area contributed by atoms with Crippen molar-refractivity contribution in [3.63, 3.8) is 0 Å². The number of alkyl halides is 6. The first-order chi connectivity index (χ1) is 13.1.